The van der Waals surface area contributed by atoms with Crippen molar-refractivity contribution in [3.05, 3.63) is 64.9 Å². The average Bonchev–Trinajstić information content (AvgIpc) is 2.55. The third kappa shape index (κ3) is 6.16. The number of ether oxygens (including phenoxy) is 1. The summed E-state index contributed by atoms with van der Waals surface area (Å²) >= 11 is 5.85. The Kier molecular flexibility index (Phi) is 6.59. The lowest BCUT2D eigenvalue weighted by molar-refractivity contribution is -0.146. The molecule has 0 amide bonds. The van der Waals surface area contributed by atoms with Gasteiger partial charge in [0.2, 0.25) is 0 Å². The van der Waals surface area contributed by atoms with E-state index in [1.165, 1.54) is 19.7 Å². The Hall–Kier alpha value is -1.88. The van der Waals surface area contributed by atoms with Gasteiger partial charge in [0.1, 0.15) is 24.2 Å². The first-order chi connectivity index (χ1) is 11.8. The van der Waals surface area contributed by atoms with Gasteiger partial charge in [-0.15, -0.1) is 0 Å². The SMILES string of the molecule is C[C@H](NP(C)(=O)Oc1ccc(F)cc1Cl)C(=O)OCc1ccccc1. The van der Waals surface area contributed by atoms with Crippen molar-refractivity contribution in [1.29, 1.82) is 0 Å². The van der Waals surface area contributed by atoms with Crippen molar-refractivity contribution in [2.45, 2.75) is 19.6 Å². The second-order valence-corrected chi connectivity index (χ2v) is 8.00. The fraction of sp³-hybridized carbons (Fsp3) is 0.235. The van der Waals surface area contributed by atoms with Gasteiger partial charge in [-0.2, -0.15) is 0 Å². The van der Waals surface area contributed by atoms with Crippen LogP contribution in [0.1, 0.15) is 12.5 Å². The highest BCUT2D eigenvalue weighted by molar-refractivity contribution is 7.56. The first-order valence-electron chi connectivity index (χ1n) is 7.47. The molecule has 0 radical (unpaired) electrons. The van der Waals surface area contributed by atoms with E-state index in [0.29, 0.717) is 0 Å². The molecule has 0 aliphatic heterocycles. The fourth-order valence-electron chi connectivity index (χ4n) is 2.02. The first kappa shape index (κ1) is 19.4. The molecule has 8 heteroatoms. The molecule has 0 aliphatic rings. The quantitative estimate of drug-likeness (QED) is 0.565. The molecular formula is C17H18ClFNO4P. The normalized spacial score (nSPS) is 14.4. The summed E-state index contributed by atoms with van der Waals surface area (Å²) in [4.78, 5) is 12.0. The predicted molar refractivity (Wildman–Crippen MR) is 94.4 cm³/mol. The number of carbonyl (C=O) groups excluding carboxylic acids is 1. The molecule has 25 heavy (non-hydrogen) atoms. The molecule has 1 unspecified atom stereocenters. The molecule has 2 atom stereocenters. The van der Waals surface area contributed by atoms with Crippen LogP contribution in [0.15, 0.2) is 48.5 Å². The second kappa shape index (κ2) is 8.48. The molecule has 134 valence electrons. The van der Waals surface area contributed by atoms with Crippen molar-refractivity contribution >= 4 is 25.1 Å². The van der Waals surface area contributed by atoms with E-state index in [-0.39, 0.29) is 17.4 Å². The average molecular weight is 386 g/mol. The van der Waals surface area contributed by atoms with Gasteiger partial charge in [0, 0.05) is 6.66 Å². The Morgan fingerprint density at radius 1 is 1.28 bits per heavy atom. The van der Waals surface area contributed by atoms with E-state index in [4.69, 9.17) is 20.9 Å². The van der Waals surface area contributed by atoms with E-state index in [1.54, 1.807) is 0 Å². The maximum Gasteiger partial charge on any atom is 0.323 e. The zero-order valence-electron chi connectivity index (χ0n) is 13.7. The van der Waals surface area contributed by atoms with Crippen LogP contribution >= 0.6 is 19.1 Å². The summed E-state index contributed by atoms with van der Waals surface area (Å²) in [5, 5.41) is 2.58. The van der Waals surface area contributed by atoms with Crippen molar-refractivity contribution in [2.75, 3.05) is 6.66 Å². The lowest BCUT2D eigenvalue weighted by Gasteiger charge is -2.20. The van der Waals surface area contributed by atoms with Crippen LogP contribution in [0.2, 0.25) is 5.02 Å². The minimum Gasteiger partial charge on any atom is -0.460 e. The number of carbonyl (C=O) groups is 1. The monoisotopic (exact) mass is 385 g/mol. The van der Waals surface area contributed by atoms with Gasteiger partial charge in [-0.25, -0.2) is 9.48 Å². The molecule has 2 aromatic rings. The van der Waals surface area contributed by atoms with Crippen LogP contribution in [0, 0.1) is 5.82 Å². The Labute approximate surface area is 150 Å². The number of hydrogen-bond acceptors (Lipinski definition) is 4. The lowest BCUT2D eigenvalue weighted by atomic mass is 10.2. The Morgan fingerprint density at radius 2 is 1.96 bits per heavy atom. The van der Waals surface area contributed by atoms with Crippen molar-refractivity contribution in [3.63, 3.8) is 0 Å². The molecule has 1 N–H and O–H groups in total. The summed E-state index contributed by atoms with van der Waals surface area (Å²) in [6.07, 6.45) is 0. The Bertz CT molecular complexity index is 787. The standard InChI is InChI=1S/C17H18ClFNO4P/c1-12(17(21)23-11-13-6-4-3-5-7-13)20-25(2,22)24-16-9-8-14(19)10-15(16)18/h3-10,12H,11H2,1-2H3,(H,20,22)/t12-,25?/m0/s1. The van der Waals surface area contributed by atoms with E-state index in [1.807, 2.05) is 30.3 Å². The highest BCUT2D eigenvalue weighted by Gasteiger charge is 2.26. The maximum absolute atomic E-state index is 13.0. The third-order valence-electron chi connectivity index (χ3n) is 3.17. The number of esters is 1. The van der Waals surface area contributed by atoms with Gasteiger partial charge in [0.25, 0.3) is 0 Å². The summed E-state index contributed by atoms with van der Waals surface area (Å²) in [6, 6.07) is 11.8. The molecule has 5 nitrogen and oxygen atoms in total. The smallest absolute Gasteiger partial charge is 0.323 e. The second-order valence-electron chi connectivity index (χ2n) is 5.46. The fourth-order valence-corrected chi connectivity index (χ4v) is 3.68. The van der Waals surface area contributed by atoms with Gasteiger partial charge in [0.15, 0.2) is 0 Å². The maximum atomic E-state index is 13.0. The highest BCUT2D eigenvalue weighted by Crippen LogP contribution is 2.42. The molecule has 0 heterocycles. The number of hydrogen-bond donors (Lipinski definition) is 1. The van der Waals surface area contributed by atoms with Gasteiger partial charge in [-0.05, 0) is 30.7 Å². The van der Waals surface area contributed by atoms with Gasteiger partial charge in [0.05, 0.1) is 5.02 Å². The molecule has 0 aromatic heterocycles. The molecule has 0 saturated heterocycles. The van der Waals surface area contributed by atoms with Crippen LogP contribution in [0.4, 0.5) is 4.39 Å². The third-order valence-corrected chi connectivity index (χ3v) is 4.87. The van der Waals surface area contributed by atoms with Crippen LogP contribution in [0.3, 0.4) is 0 Å². The molecule has 0 saturated carbocycles. The Balaban J connectivity index is 1.92. The minimum absolute atomic E-state index is 0.0109. The van der Waals surface area contributed by atoms with Crippen LogP contribution in [-0.2, 0) is 20.7 Å². The van der Waals surface area contributed by atoms with Crippen molar-refractivity contribution in [2.24, 2.45) is 0 Å². The van der Waals surface area contributed by atoms with Crippen molar-refractivity contribution in [1.82, 2.24) is 5.09 Å². The topological polar surface area (TPSA) is 64.6 Å². The van der Waals surface area contributed by atoms with Gasteiger partial charge in [-0.3, -0.25) is 9.36 Å². The van der Waals surface area contributed by atoms with Gasteiger partial charge < -0.3 is 9.26 Å². The summed E-state index contributed by atoms with van der Waals surface area (Å²) in [5.41, 5.74) is 0.845. The largest absolute Gasteiger partial charge is 0.460 e. The number of nitrogens with one attached hydrogen (secondary N) is 1. The minimum atomic E-state index is -3.42. The van der Waals surface area contributed by atoms with E-state index in [9.17, 15) is 13.8 Å². The molecule has 0 bridgehead atoms. The van der Waals surface area contributed by atoms with E-state index in [2.05, 4.69) is 5.09 Å². The van der Waals surface area contributed by atoms with Gasteiger partial charge in [-0.1, -0.05) is 41.9 Å². The van der Waals surface area contributed by atoms with Crippen LogP contribution in [0.5, 0.6) is 5.75 Å². The molecule has 2 rings (SSSR count). The summed E-state index contributed by atoms with van der Waals surface area (Å²) < 4.78 is 36.0. The zero-order chi connectivity index (χ0) is 18.4. The summed E-state index contributed by atoms with van der Waals surface area (Å²) in [5.74, 6) is -1.04. The van der Waals surface area contributed by atoms with Crippen LogP contribution in [0.25, 0.3) is 0 Å². The van der Waals surface area contributed by atoms with Crippen molar-refractivity contribution in [3.8, 4) is 5.75 Å². The van der Waals surface area contributed by atoms with E-state index in [0.717, 1.165) is 17.7 Å². The van der Waals surface area contributed by atoms with Gasteiger partial charge >= 0.3 is 13.5 Å². The zero-order valence-corrected chi connectivity index (χ0v) is 15.4. The predicted octanol–water partition coefficient (Wildman–Crippen LogP) is 4.40. The van der Waals surface area contributed by atoms with Crippen LogP contribution < -0.4 is 9.61 Å². The molecular weight excluding hydrogens is 368 g/mol. The number of halogens is 2. The number of benzene rings is 2. The summed E-state index contributed by atoms with van der Waals surface area (Å²) in [7, 11) is -3.42. The van der Waals surface area contributed by atoms with E-state index >= 15 is 0 Å². The first-order valence-corrected chi connectivity index (χ1v) is 9.92. The Morgan fingerprint density at radius 3 is 2.60 bits per heavy atom. The molecule has 0 spiro atoms. The summed E-state index contributed by atoms with van der Waals surface area (Å²) in [6.45, 7) is 2.93. The lowest BCUT2D eigenvalue weighted by Crippen LogP contribution is -2.34. The molecule has 0 fully saturated rings. The highest BCUT2D eigenvalue weighted by atomic mass is 35.5. The molecule has 0 aliphatic carbocycles. The van der Waals surface area contributed by atoms with E-state index < -0.39 is 25.3 Å². The molecule has 2 aromatic carbocycles. The number of rotatable bonds is 7. The van der Waals surface area contributed by atoms with Crippen LogP contribution in [-0.4, -0.2) is 18.7 Å². The van der Waals surface area contributed by atoms with Crippen molar-refractivity contribution < 1.29 is 23.0 Å².